The van der Waals surface area contributed by atoms with Gasteiger partial charge in [0.2, 0.25) is 0 Å². The molecule has 0 amide bonds. The van der Waals surface area contributed by atoms with Crippen LogP contribution in [0.5, 0.6) is 0 Å². The smallest absolute Gasteiger partial charge is 0.277 e. The van der Waals surface area contributed by atoms with Crippen LogP contribution in [0.3, 0.4) is 0 Å². The first-order valence-electron chi connectivity index (χ1n) is 23.7. The van der Waals surface area contributed by atoms with Crippen LogP contribution >= 0.6 is 22.7 Å². The van der Waals surface area contributed by atoms with E-state index in [9.17, 15) is 0 Å². The minimum atomic E-state index is 0.122. The van der Waals surface area contributed by atoms with Gasteiger partial charge in [0.15, 0.2) is 0 Å². The highest BCUT2D eigenvalue weighted by Crippen LogP contribution is 2.56. The molecule has 0 bridgehead atoms. The van der Waals surface area contributed by atoms with Crippen LogP contribution in [-0.4, -0.2) is 6.71 Å². The number of benzene rings is 5. The summed E-state index contributed by atoms with van der Waals surface area (Å²) in [4.78, 5) is 5.45. The second kappa shape index (κ2) is 13.4. The molecule has 5 aromatic carbocycles. The molecule has 0 N–H and O–H groups in total. The van der Waals surface area contributed by atoms with Crippen molar-refractivity contribution in [2.75, 3.05) is 9.80 Å². The van der Waals surface area contributed by atoms with E-state index in [0.717, 1.165) is 0 Å². The fraction of sp³-hybridized carbons (Fsp3) is 0.404. The summed E-state index contributed by atoms with van der Waals surface area (Å²) < 4.78 is 5.88. The molecule has 0 unspecified atom stereocenters. The number of hydrogen-bond acceptors (Lipinski definition) is 4. The van der Waals surface area contributed by atoms with Crippen molar-refractivity contribution in [3.8, 4) is 0 Å². The highest BCUT2D eigenvalue weighted by atomic mass is 32.1. The SMILES string of the molecule is Cc1ccc(N2c3cc(C4CCCCC4)cc4c3B(c3sc5cc6c(cc5c3N4c3ccccc3)C(C)(C)CCC6(C)C)c3sc4cc5c(cc4c32)C(C)(C)CCC5(C)C)cc1. The van der Waals surface area contributed by atoms with Gasteiger partial charge >= 0.3 is 0 Å². The van der Waals surface area contributed by atoms with Crippen LogP contribution < -0.4 is 24.8 Å². The third kappa shape index (κ3) is 5.65. The molecule has 5 heteroatoms. The molecule has 2 aromatic heterocycles. The lowest BCUT2D eigenvalue weighted by Crippen LogP contribution is -2.59. The van der Waals surface area contributed by atoms with E-state index < -0.39 is 0 Å². The Kier molecular flexibility index (Phi) is 8.47. The lowest BCUT2D eigenvalue weighted by molar-refractivity contribution is 0.332. The molecule has 0 atom stereocenters. The average Bonchev–Trinajstić information content (AvgIpc) is 3.82. The molecular formula is C57H61BN2S2. The Morgan fingerprint density at radius 3 is 1.42 bits per heavy atom. The minimum Gasteiger partial charge on any atom is -0.310 e. The van der Waals surface area contributed by atoms with Crippen LogP contribution in [0.15, 0.2) is 91.0 Å². The zero-order valence-corrected chi connectivity index (χ0v) is 40.0. The maximum atomic E-state index is 2.73. The predicted octanol–water partition coefficient (Wildman–Crippen LogP) is 15.3. The zero-order valence-electron chi connectivity index (χ0n) is 38.4. The fourth-order valence-corrected chi connectivity index (χ4v) is 15.3. The number of thiophene rings is 2. The topological polar surface area (TPSA) is 6.48 Å². The van der Waals surface area contributed by atoms with E-state index in [0.29, 0.717) is 5.92 Å². The largest absolute Gasteiger partial charge is 0.310 e. The molecule has 3 aliphatic carbocycles. The summed E-state index contributed by atoms with van der Waals surface area (Å²) in [7, 11) is 0. The standard InChI is InChI=1S/C57H61BN2S2/c1-34-20-22-38(23-21-34)60-46-29-36(35-16-12-10-13-17-35)28-45-49(46)58(53-51(60)40-31-42-44(33-48(40)62-53)57(8,9)27-25-55(42,4)5)52-50(59(45)37-18-14-11-15-19-37)39-30-41-43(32-47(39)61-52)56(6,7)26-24-54(41,2)3/h11,14-15,18-23,28-33,35H,10,12-13,16-17,24-27H2,1-9H3. The summed E-state index contributed by atoms with van der Waals surface area (Å²) in [6.07, 6.45) is 11.4. The van der Waals surface area contributed by atoms with E-state index in [4.69, 9.17) is 0 Å². The van der Waals surface area contributed by atoms with E-state index >= 15 is 0 Å². The molecule has 1 saturated carbocycles. The van der Waals surface area contributed by atoms with Gasteiger partial charge in [-0.25, -0.2) is 0 Å². The number of para-hydroxylation sites is 1. The van der Waals surface area contributed by atoms with E-state index in [2.05, 4.69) is 186 Å². The summed E-state index contributed by atoms with van der Waals surface area (Å²) in [5.74, 6) is 0.563. The van der Waals surface area contributed by atoms with Crippen LogP contribution in [0.1, 0.15) is 152 Å². The van der Waals surface area contributed by atoms with Crippen molar-refractivity contribution in [3.63, 3.8) is 0 Å². The predicted molar refractivity (Wildman–Crippen MR) is 272 cm³/mol. The van der Waals surface area contributed by atoms with Crippen LogP contribution in [0, 0.1) is 6.92 Å². The third-order valence-electron chi connectivity index (χ3n) is 16.6. The van der Waals surface area contributed by atoms with Crippen molar-refractivity contribution in [2.45, 2.75) is 148 Å². The highest BCUT2D eigenvalue weighted by Gasteiger charge is 2.49. The summed E-state index contributed by atoms with van der Waals surface area (Å²) >= 11 is 4.17. The van der Waals surface area contributed by atoms with Crippen molar-refractivity contribution < 1.29 is 0 Å². The third-order valence-corrected chi connectivity index (χ3v) is 19.0. The number of anilines is 6. The first-order valence-corrected chi connectivity index (χ1v) is 25.4. The average molecular weight is 849 g/mol. The van der Waals surface area contributed by atoms with Gasteiger partial charge in [-0.15, -0.1) is 22.7 Å². The maximum Gasteiger partial charge on any atom is 0.277 e. The number of fused-ring (bicyclic) bond motifs is 10. The zero-order chi connectivity index (χ0) is 42.7. The van der Waals surface area contributed by atoms with E-state index in [1.165, 1.54) is 138 Å². The van der Waals surface area contributed by atoms with Gasteiger partial charge in [0.25, 0.3) is 6.71 Å². The Morgan fingerprint density at radius 2 is 0.952 bits per heavy atom. The molecule has 12 rings (SSSR count). The van der Waals surface area contributed by atoms with Crippen LogP contribution in [-0.2, 0) is 21.7 Å². The maximum absolute atomic E-state index is 2.73. The van der Waals surface area contributed by atoms with E-state index in [1.54, 1.807) is 22.3 Å². The molecule has 2 nitrogen and oxygen atoms in total. The van der Waals surface area contributed by atoms with Gasteiger partial charge in [-0.2, -0.15) is 0 Å². The van der Waals surface area contributed by atoms with Crippen LogP contribution in [0.2, 0.25) is 0 Å². The van der Waals surface area contributed by atoms with Gasteiger partial charge in [-0.3, -0.25) is 0 Å². The Labute approximate surface area is 378 Å². The molecule has 2 aliphatic heterocycles. The van der Waals surface area contributed by atoms with Gasteiger partial charge in [0.1, 0.15) is 0 Å². The molecule has 7 aromatic rings. The molecular weight excluding hydrogens is 788 g/mol. The molecule has 1 fully saturated rings. The molecule has 0 saturated heterocycles. The number of rotatable bonds is 3. The molecule has 5 aliphatic rings. The first kappa shape index (κ1) is 39.3. The van der Waals surface area contributed by atoms with Gasteiger partial charge in [-0.05, 0) is 167 Å². The van der Waals surface area contributed by atoms with E-state index in [1.807, 2.05) is 0 Å². The van der Waals surface area contributed by atoms with Crippen LogP contribution in [0.4, 0.5) is 34.1 Å². The number of nitrogens with zero attached hydrogens (tertiary/aromatic N) is 2. The summed E-state index contributed by atoms with van der Waals surface area (Å²) in [5, 5.41) is 2.86. The second-order valence-corrected chi connectivity index (χ2v) is 24.7. The molecule has 314 valence electrons. The van der Waals surface area contributed by atoms with Gasteiger partial charge in [0.05, 0.1) is 11.4 Å². The molecule has 62 heavy (non-hydrogen) atoms. The number of aryl methyl sites for hydroxylation is 1. The van der Waals surface area contributed by atoms with Crippen molar-refractivity contribution in [2.24, 2.45) is 0 Å². The Morgan fingerprint density at radius 1 is 0.516 bits per heavy atom. The Hall–Kier alpha value is -4.32. The summed E-state index contributed by atoms with van der Waals surface area (Å²) in [6.45, 7) is 22.3. The van der Waals surface area contributed by atoms with Crippen molar-refractivity contribution >= 4 is 98.7 Å². The molecule has 0 spiro atoms. The monoisotopic (exact) mass is 848 g/mol. The van der Waals surface area contributed by atoms with Gasteiger partial charge in [0, 0.05) is 52.5 Å². The van der Waals surface area contributed by atoms with Crippen molar-refractivity contribution in [1.82, 2.24) is 0 Å². The van der Waals surface area contributed by atoms with Crippen molar-refractivity contribution in [3.05, 3.63) is 124 Å². The summed E-state index contributed by atoms with van der Waals surface area (Å²) in [5.41, 5.74) is 19.1. The molecule has 0 radical (unpaired) electrons. The number of hydrogen-bond donors (Lipinski definition) is 0. The quantitative estimate of drug-likeness (QED) is 0.163. The molecule has 4 heterocycles. The Balaban J connectivity index is 1.23. The lowest BCUT2D eigenvalue weighted by atomic mass is 9.39. The second-order valence-electron chi connectivity index (χ2n) is 22.5. The highest BCUT2D eigenvalue weighted by molar-refractivity contribution is 7.40. The summed E-state index contributed by atoms with van der Waals surface area (Å²) in [6, 6.07) is 36.8. The minimum absolute atomic E-state index is 0.122. The Bertz CT molecular complexity index is 2970. The first-order chi connectivity index (χ1) is 29.6. The van der Waals surface area contributed by atoms with Gasteiger partial charge < -0.3 is 9.80 Å². The lowest BCUT2D eigenvalue weighted by Gasteiger charge is -2.43. The van der Waals surface area contributed by atoms with Crippen molar-refractivity contribution in [1.29, 1.82) is 0 Å². The normalized spacial score (nSPS) is 20.4. The van der Waals surface area contributed by atoms with E-state index in [-0.39, 0.29) is 28.4 Å². The van der Waals surface area contributed by atoms with Crippen LogP contribution in [0.25, 0.3) is 20.2 Å². The fourth-order valence-electron chi connectivity index (χ4n) is 12.6. The van der Waals surface area contributed by atoms with Gasteiger partial charge in [-0.1, -0.05) is 111 Å².